The minimum atomic E-state index is 0. The normalized spacial score (nSPS) is 21.0. The zero-order chi connectivity index (χ0) is 16.7. The van der Waals surface area contributed by atoms with E-state index in [9.17, 15) is 4.79 Å². The molecule has 1 spiro atoms. The monoisotopic (exact) mass is 396 g/mol. The van der Waals surface area contributed by atoms with Crippen LogP contribution in [0.15, 0.2) is 22.9 Å². The summed E-state index contributed by atoms with van der Waals surface area (Å²) in [6.07, 6.45) is 3.58. The number of carbonyl (C=O) groups excluding carboxylic acids is 1. The zero-order valence-electron chi connectivity index (χ0n) is 14.7. The molecule has 0 radical (unpaired) electrons. The molecule has 0 bridgehead atoms. The molecule has 2 aromatic heterocycles. The van der Waals surface area contributed by atoms with Crippen molar-refractivity contribution in [3.05, 3.63) is 43.8 Å². The van der Waals surface area contributed by atoms with Crippen molar-refractivity contribution in [3.63, 3.8) is 0 Å². The van der Waals surface area contributed by atoms with E-state index < -0.39 is 0 Å². The van der Waals surface area contributed by atoms with Crippen LogP contribution >= 0.6 is 35.1 Å². The van der Waals surface area contributed by atoms with Gasteiger partial charge in [0, 0.05) is 17.5 Å². The van der Waals surface area contributed by atoms with Crippen LogP contribution < -0.4 is 5.32 Å². The van der Waals surface area contributed by atoms with Crippen LogP contribution in [-0.4, -0.2) is 29.9 Å². The van der Waals surface area contributed by atoms with Crippen molar-refractivity contribution in [2.75, 3.05) is 13.1 Å². The number of aryl methyl sites for hydroxylation is 2. The molecular formula is C19H25ClN2OS2. The Bertz CT molecular complexity index is 715. The summed E-state index contributed by atoms with van der Waals surface area (Å²) < 4.78 is 0. The summed E-state index contributed by atoms with van der Waals surface area (Å²) in [6, 6.07) is 4.63. The third-order valence-corrected chi connectivity index (χ3v) is 7.57. The Hall–Kier alpha value is -0.880. The van der Waals surface area contributed by atoms with Crippen LogP contribution in [0, 0.1) is 19.3 Å². The number of nitrogens with one attached hydrogen (secondary N) is 1. The van der Waals surface area contributed by atoms with Crippen molar-refractivity contribution in [3.8, 4) is 0 Å². The molecular weight excluding hydrogens is 372 g/mol. The van der Waals surface area contributed by atoms with Crippen LogP contribution in [0.25, 0.3) is 0 Å². The number of piperidine rings is 1. The minimum Gasteiger partial charge on any atom is -0.330 e. The lowest BCUT2D eigenvalue weighted by Gasteiger charge is -2.29. The molecule has 4 rings (SSSR count). The lowest BCUT2D eigenvalue weighted by atomic mass is 9.93. The molecule has 1 aliphatic carbocycles. The standard InChI is InChI=1S/C19H24N2OS2.ClH/c1-13-9-16(24-14(13)2)18(22)21(11-15-3-8-23-12-15)17-10-19(17)4-6-20-7-5-19;/h3,8-9,12,17,20H,4-7,10-11H2,1-2H3;1H. The number of amides is 1. The second kappa shape index (κ2) is 7.39. The summed E-state index contributed by atoms with van der Waals surface area (Å²) >= 11 is 3.35. The number of hydrogen-bond acceptors (Lipinski definition) is 4. The third kappa shape index (κ3) is 3.65. The van der Waals surface area contributed by atoms with Crippen molar-refractivity contribution in [2.45, 2.75) is 45.7 Å². The fourth-order valence-corrected chi connectivity index (χ4v) is 5.60. The first kappa shape index (κ1) is 18.9. The van der Waals surface area contributed by atoms with E-state index in [0.29, 0.717) is 11.5 Å². The Balaban J connectivity index is 0.00000182. The van der Waals surface area contributed by atoms with Crippen molar-refractivity contribution in [1.29, 1.82) is 0 Å². The average Bonchev–Trinajstić information content (AvgIpc) is 2.92. The van der Waals surface area contributed by atoms with Gasteiger partial charge in [0.05, 0.1) is 4.88 Å². The first-order valence-corrected chi connectivity index (χ1v) is 10.4. The molecule has 1 N–H and O–H groups in total. The molecule has 6 heteroatoms. The van der Waals surface area contributed by atoms with Crippen LogP contribution in [0.4, 0.5) is 0 Å². The second-order valence-electron chi connectivity index (χ2n) is 7.25. The van der Waals surface area contributed by atoms with E-state index in [1.807, 2.05) is 0 Å². The number of halogens is 1. The van der Waals surface area contributed by atoms with Crippen molar-refractivity contribution < 1.29 is 4.79 Å². The van der Waals surface area contributed by atoms with Gasteiger partial charge in [-0.2, -0.15) is 11.3 Å². The van der Waals surface area contributed by atoms with Gasteiger partial charge in [-0.05, 0) is 85.6 Å². The van der Waals surface area contributed by atoms with Gasteiger partial charge in [0.15, 0.2) is 0 Å². The Morgan fingerprint density at radius 3 is 2.72 bits per heavy atom. The molecule has 3 heterocycles. The lowest BCUT2D eigenvalue weighted by molar-refractivity contribution is 0.0697. The van der Waals surface area contributed by atoms with E-state index in [0.717, 1.165) is 24.5 Å². The highest BCUT2D eigenvalue weighted by atomic mass is 35.5. The Labute approximate surface area is 163 Å². The van der Waals surface area contributed by atoms with E-state index in [4.69, 9.17) is 0 Å². The molecule has 1 saturated heterocycles. The first-order valence-electron chi connectivity index (χ1n) is 8.69. The van der Waals surface area contributed by atoms with Gasteiger partial charge in [0.25, 0.3) is 5.91 Å². The predicted molar refractivity (Wildman–Crippen MR) is 108 cm³/mol. The average molecular weight is 397 g/mol. The van der Waals surface area contributed by atoms with Gasteiger partial charge >= 0.3 is 0 Å². The minimum absolute atomic E-state index is 0. The second-order valence-corrected chi connectivity index (χ2v) is 9.28. The summed E-state index contributed by atoms with van der Waals surface area (Å²) in [6.45, 7) is 7.13. The number of nitrogens with zero attached hydrogens (tertiary/aromatic N) is 1. The van der Waals surface area contributed by atoms with Gasteiger partial charge in [-0.3, -0.25) is 4.79 Å². The van der Waals surface area contributed by atoms with Crippen LogP contribution in [0.1, 0.15) is 44.9 Å². The molecule has 0 aromatic carbocycles. The van der Waals surface area contributed by atoms with Gasteiger partial charge in [0.2, 0.25) is 0 Å². The smallest absolute Gasteiger partial charge is 0.264 e. The van der Waals surface area contributed by atoms with Gasteiger partial charge in [-0.15, -0.1) is 23.7 Å². The highest BCUT2D eigenvalue weighted by Crippen LogP contribution is 2.56. The van der Waals surface area contributed by atoms with Gasteiger partial charge in [0.1, 0.15) is 0 Å². The van der Waals surface area contributed by atoms with Gasteiger partial charge in [-0.25, -0.2) is 0 Å². The highest BCUT2D eigenvalue weighted by molar-refractivity contribution is 7.14. The maximum absolute atomic E-state index is 13.3. The van der Waals surface area contributed by atoms with Crippen molar-refractivity contribution in [1.82, 2.24) is 10.2 Å². The van der Waals surface area contributed by atoms with Crippen LogP contribution in [0.5, 0.6) is 0 Å². The summed E-state index contributed by atoms with van der Waals surface area (Å²) in [5.74, 6) is 0.225. The summed E-state index contributed by atoms with van der Waals surface area (Å²) in [5, 5.41) is 7.73. The topological polar surface area (TPSA) is 32.3 Å². The Morgan fingerprint density at radius 1 is 1.36 bits per heavy atom. The molecule has 1 unspecified atom stereocenters. The molecule has 25 heavy (non-hydrogen) atoms. The van der Waals surface area contributed by atoms with E-state index in [2.05, 4.69) is 47.0 Å². The lowest BCUT2D eigenvalue weighted by Crippen LogP contribution is -2.38. The molecule has 2 aliphatic rings. The van der Waals surface area contributed by atoms with E-state index in [1.165, 1.54) is 35.3 Å². The number of carbonyl (C=O) groups is 1. The number of rotatable bonds is 4. The summed E-state index contributed by atoms with van der Waals surface area (Å²) in [7, 11) is 0. The quantitative estimate of drug-likeness (QED) is 0.816. The fraction of sp³-hybridized carbons (Fsp3) is 0.526. The third-order valence-electron chi connectivity index (χ3n) is 5.69. The van der Waals surface area contributed by atoms with Crippen LogP contribution in [-0.2, 0) is 6.54 Å². The molecule has 1 saturated carbocycles. The highest BCUT2D eigenvalue weighted by Gasteiger charge is 2.57. The molecule has 136 valence electrons. The summed E-state index contributed by atoms with van der Waals surface area (Å²) in [5.41, 5.74) is 2.86. The molecule has 1 amide bonds. The van der Waals surface area contributed by atoms with Crippen molar-refractivity contribution in [2.24, 2.45) is 5.41 Å². The van der Waals surface area contributed by atoms with Crippen LogP contribution in [0.3, 0.4) is 0 Å². The Kier molecular flexibility index (Phi) is 5.59. The molecule has 2 aromatic rings. The maximum Gasteiger partial charge on any atom is 0.264 e. The van der Waals surface area contributed by atoms with E-state index in [-0.39, 0.29) is 18.3 Å². The molecule has 1 atom stereocenters. The van der Waals surface area contributed by atoms with Crippen LogP contribution in [0.2, 0.25) is 0 Å². The van der Waals surface area contributed by atoms with Gasteiger partial charge in [-0.1, -0.05) is 0 Å². The van der Waals surface area contributed by atoms with E-state index in [1.54, 1.807) is 22.7 Å². The zero-order valence-corrected chi connectivity index (χ0v) is 17.2. The molecule has 3 nitrogen and oxygen atoms in total. The van der Waals surface area contributed by atoms with E-state index >= 15 is 0 Å². The Morgan fingerprint density at radius 2 is 2.12 bits per heavy atom. The number of thiophene rings is 2. The molecule has 2 fully saturated rings. The SMILES string of the molecule is Cc1cc(C(=O)N(Cc2ccsc2)C2CC23CCNCC3)sc1C.Cl. The maximum atomic E-state index is 13.3. The number of hydrogen-bond donors (Lipinski definition) is 1. The fourth-order valence-electron chi connectivity index (χ4n) is 3.95. The van der Waals surface area contributed by atoms with Gasteiger partial charge < -0.3 is 10.2 Å². The largest absolute Gasteiger partial charge is 0.330 e. The predicted octanol–water partition coefficient (Wildman–Crippen LogP) is 4.63. The summed E-state index contributed by atoms with van der Waals surface area (Å²) in [4.78, 5) is 17.6. The molecule has 1 aliphatic heterocycles. The first-order chi connectivity index (χ1) is 11.6. The van der Waals surface area contributed by atoms with Crippen molar-refractivity contribution >= 4 is 41.0 Å².